The number of ether oxygens (including phenoxy) is 1. The molecule has 2 aromatic heterocycles. The summed E-state index contributed by atoms with van der Waals surface area (Å²) in [7, 11) is 0. The molecule has 0 spiro atoms. The predicted octanol–water partition coefficient (Wildman–Crippen LogP) is 4.29. The number of amides is 1. The van der Waals surface area contributed by atoms with Gasteiger partial charge in [-0.25, -0.2) is 4.98 Å². The molecule has 8 nitrogen and oxygen atoms in total. The van der Waals surface area contributed by atoms with Crippen molar-refractivity contribution in [3.63, 3.8) is 0 Å². The van der Waals surface area contributed by atoms with E-state index < -0.39 is 0 Å². The van der Waals surface area contributed by atoms with Crippen LogP contribution in [0.2, 0.25) is 0 Å². The molecule has 1 N–H and O–H groups in total. The Morgan fingerprint density at radius 2 is 1.85 bits per heavy atom. The van der Waals surface area contributed by atoms with Gasteiger partial charge in [-0.05, 0) is 54.7 Å². The Hall–Kier alpha value is -3.29. The predicted molar refractivity (Wildman–Crippen MR) is 124 cm³/mol. The van der Waals surface area contributed by atoms with E-state index in [2.05, 4.69) is 46.3 Å². The van der Waals surface area contributed by atoms with E-state index in [0.717, 1.165) is 25.7 Å². The lowest BCUT2D eigenvalue weighted by Crippen LogP contribution is -2.34. The molecule has 174 valence electrons. The first-order valence-electron chi connectivity index (χ1n) is 11.5. The van der Waals surface area contributed by atoms with Crippen LogP contribution in [0.4, 0.5) is 0 Å². The van der Waals surface area contributed by atoms with Crippen LogP contribution in [-0.4, -0.2) is 39.2 Å². The highest BCUT2D eigenvalue weighted by Crippen LogP contribution is 2.35. The van der Waals surface area contributed by atoms with Crippen molar-refractivity contribution >= 4 is 5.91 Å². The number of nitrogens with zero attached hydrogens (tertiary/aromatic N) is 4. The number of rotatable bonds is 7. The molecule has 0 aliphatic heterocycles. The highest BCUT2D eigenvalue weighted by Gasteiger charge is 2.27. The summed E-state index contributed by atoms with van der Waals surface area (Å²) >= 11 is 0. The van der Waals surface area contributed by atoms with E-state index in [-0.39, 0.29) is 23.8 Å². The van der Waals surface area contributed by atoms with Crippen molar-refractivity contribution in [2.45, 2.75) is 57.8 Å². The SMILES string of the molecule is CC(C)(C)c1ccc(OCC(=O)NCC2CCC(c3nnc(-c4cnccn4)o3)CC2)cc1. The van der Waals surface area contributed by atoms with Crippen LogP contribution in [0.3, 0.4) is 0 Å². The molecular formula is C25H31N5O3. The van der Waals surface area contributed by atoms with Gasteiger partial charge in [-0.3, -0.25) is 9.78 Å². The van der Waals surface area contributed by atoms with Gasteiger partial charge in [-0.1, -0.05) is 32.9 Å². The lowest BCUT2D eigenvalue weighted by Gasteiger charge is -2.26. The molecule has 0 radical (unpaired) electrons. The van der Waals surface area contributed by atoms with Gasteiger partial charge < -0.3 is 14.5 Å². The summed E-state index contributed by atoms with van der Waals surface area (Å²) in [5, 5.41) is 11.3. The zero-order valence-corrected chi connectivity index (χ0v) is 19.5. The molecule has 1 fully saturated rings. The Labute approximate surface area is 194 Å². The molecule has 8 heteroatoms. The zero-order chi connectivity index (χ0) is 23.3. The van der Waals surface area contributed by atoms with Crippen LogP contribution in [0.5, 0.6) is 5.75 Å². The lowest BCUT2D eigenvalue weighted by molar-refractivity contribution is -0.123. The van der Waals surface area contributed by atoms with E-state index in [9.17, 15) is 4.79 Å². The van der Waals surface area contributed by atoms with Gasteiger partial charge in [0.1, 0.15) is 11.4 Å². The topological polar surface area (TPSA) is 103 Å². The third kappa shape index (κ3) is 6.15. The van der Waals surface area contributed by atoms with Gasteiger partial charge in [0.25, 0.3) is 11.8 Å². The fourth-order valence-corrected chi connectivity index (χ4v) is 4.04. The van der Waals surface area contributed by atoms with Crippen LogP contribution >= 0.6 is 0 Å². The minimum atomic E-state index is -0.0949. The number of aromatic nitrogens is 4. The summed E-state index contributed by atoms with van der Waals surface area (Å²) in [6.07, 6.45) is 8.75. The summed E-state index contributed by atoms with van der Waals surface area (Å²) in [5.41, 5.74) is 1.91. The van der Waals surface area contributed by atoms with Crippen molar-refractivity contribution in [3.8, 4) is 17.3 Å². The largest absolute Gasteiger partial charge is 0.484 e. The molecule has 0 unspecified atom stereocenters. The summed E-state index contributed by atoms with van der Waals surface area (Å²) in [5.74, 6) is 2.36. The molecule has 33 heavy (non-hydrogen) atoms. The molecule has 1 aliphatic carbocycles. The van der Waals surface area contributed by atoms with E-state index in [1.165, 1.54) is 5.56 Å². The van der Waals surface area contributed by atoms with Gasteiger partial charge in [0, 0.05) is 24.9 Å². The molecule has 3 aromatic rings. The van der Waals surface area contributed by atoms with Crippen LogP contribution in [0.1, 0.15) is 63.8 Å². The Bertz CT molecular complexity index is 1040. The quantitative estimate of drug-likeness (QED) is 0.574. The third-order valence-electron chi connectivity index (χ3n) is 6.10. The normalized spacial score (nSPS) is 18.6. The van der Waals surface area contributed by atoms with Crippen LogP contribution in [0, 0.1) is 5.92 Å². The summed E-state index contributed by atoms with van der Waals surface area (Å²) in [6, 6.07) is 7.93. The van der Waals surface area contributed by atoms with E-state index in [1.807, 2.05) is 24.3 Å². The molecule has 0 atom stereocenters. The fourth-order valence-electron chi connectivity index (χ4n) is 4.04. The second-order valence-corrected chi connectivity index (χ2v) is 9.62. The first-order chi connectivity index (χ1) is 15.9. The number of carbonyl (C=O) groups is 1. The minimum absolute atomic E-state index is 0.0251. The van der Waals surface area contributed by atoms with Gasteiger partial charge in [0.15, 0.2) is 6.61 Å². The van der Waals surface area contributed by atoms with Gasteiger partial charge >= 0.3 is 0 Å². The summed E-state index contributed by atoms with van der Waals surface area (Å²) in [4.78, 5) is 20.5. The van der Waals surface area contributed by atoms with E-state index in [0.29, 0.717) is 35.7 Å². The van der Waals surface area contributed by atoms with Crippen LogP contribution in [0.25, 0.3) is 11.6 Å². The molecule has 1 amide bonds. The number of hydrogen-bond acceptors (Lipinski definition) is 7. The molecule has 0 bridgehead atoms. The standard InChI is InChI=1S/C25H31N5O3/c1-25(2,3)19-8-10-20(11-9-19)32-16-22(31)28-14-17-4-6-18(7-5-17)23-29-30-24(33-23)21-15-26-12-13-27-21/h8-13,15,17-18H,4-7,14,16H2,1-3H3,(H,28,31). The number of nitrogens with one attached hydrogen (secondary N) is 1. The van der Waals surface area contributed by atoms with Gasteiger partial charge in [0.2, 0.25) is 5.89 Å². The van der Waals surface area contributed by atoms with Crippen molar-refractivity contribution < 1.29 is 13.9 Å². The molecule has 1 aliphatic rings. The Morgan fingerprint density at radius 1 is 1.09 bits per heavy atom. The number of hydrogen-bond donors (Lipinski definition) is 1. The molecule has 1 aromatic carbocycles. The average Bonchev–Trinajstić information content (AvgIpc) is 3.32. The van der Waals surface area contributed by atoms with Crippen LogP contribution < -0.4 is 10.1 Å². The third-order valence-corrected chi connectivity index (χ3v) is 6.10. The average molecular weight is 450 g/mol. The Balaban J connectivity index is 1.18. The summed E-state index contributed by atoms with van der Waals surface area (Å²) in [6.45, 7) is 7.19. The van der Waals surface area contributed by atoms with Gasteiger partial charge in [-0.2, -0.15) is 0 Å². The van der Waals surface area contributed by atoms with E-state index in [4.69, 9.17) is 9.15 Å². The molecule has 2 heterocycles. The molecule has 4 rings (SSSR count). The van der Waals surface area contributed by atoms with E-state index in [1.54, 1.807) is 18.6 Å². The van der Waals surface area contributed by atoms with Crippen LogP contribution in [-0.2, 0) is 10.2 Å². The maximum absolute atomic E-state index is 12.2. The van der Waals surface area contributed by atoms with Crippen molar-refractivity contribution in [3.05, 3.63) is 54.3 Å². The summed E-state index contributed by atoms with van der Waals surface area (Å²) < 4.78 is 11.5. The van der Waals surface area contributed by atoms with Crippen molar-refractivity contribution in [2.24, 2.45) is 5.92 Å². The Kier molecular flexibility index (Phi) is 7.01. The second-order valence-electron chi connectivity index (χ2n) is 9.62. The lowest BCUT2D eigenvalue weighted by atomic mass is 9.82. The van der Waals surface area contributed by atoms with E-state index >= 15 is 0 Å². The monoisotopic (exact) mass is 449 g/mol. The van der Waals surface area contributed by atoms with Crippen molar-refractivity contribution in [1.82, 2.24) is 25.5 Å². The second kappa shape index (κ2) is 10.1. The number of carbonyl (C=O) groups excluding carboxylic acids is 1. The molecular weight excluding hydrogens is 418 g/mol. The maximum Gasteiger partial charge on any atom is 0.267 e. The first kappa shape index (κ1) is 22.9. The fraction of sp³-hybridized carbons (Fsp3) is 0.480. The maximum atomic E-state index is 12.2. The smallest absolute Gasteiger partial charge is 0.267 e. The van der Waals surface area contributed by atoms with Crippen molar-refractivity contribution in [2.75, 3.05) is 13.2 Å². The first-order valence-corrected chi connectivity index (χ1v) is 11.5. The van der Waals surface area contributed by atoms with Crippen LogP contribution in [0.15, 0.2) is 47.3 Å². The van der Waals surface area contributed by atoms with Gasteiger partial charge in [0.05, 0.1) is 6.20 Å². The number of benzene rings is 1. The molecule has 1 saturated carbocycles. The zero-order valence-electron chi connectivity index (χ0n) is 19.5. The minimum Gasteiger partial charge on any atom is -0.484 e. The Morgan fingerprint density at radius 3 is 2.52 bits per heavy atom. The highest BCUT2D eigenvalue weighted by atomic mass is 16.5. The molecule has 0 saturated heterocycles. The van der Waals surface area contributed by atoms with Crippen molar-refractivity contribution in [1.29, 1.82) is 0 Å². The van der Waals surface area contributed by atoms with Gasteiger partial charge in [-0.15, -0.1) is 10.2 Å². The highest BCUT2D eigenvalue weighted by molar-refractivity contribution is 5.77.